The van der Waals surface area contributed by atoms with Gasteiger partial charge in [0.05, 0.1) is 5.69 Å². The van der Waals surface area contributed by atoms with E-state index in [2.05, 4.69) is 36.1 Å². The van der Waals surface area contributed by atoms with Gasteiger partial charge in [-0.15, -0.1) is 0 Å². The van der Waals surface area contributed by atoms with E-state index >= 15 is 0 Å². The van der Waals surface area contributed by atoms with Crippen molar-refractivity contribution in [3.8, 4) is 0 Å². The van der Waals surface area contributed by atoms with E-state index in [1.54, 1.807) is 12.4 Å². The molecule has 1 aromatic heterocycles. The van der Waals surface area contributed by atoms with Crippen molar-refractivity contribution in [2.45, 2.75) is 58.5 Å². The van der Waals surface area contributed by atoms with Gasteiger partial charge in [0, 0.05) is 30.7 Å². The molecule has 0 saturated heterocycles. The topological polar surface area (TPSA) is 37.8 Å². The van der Waals surface area contributed by atoms with Gasteiger partial charge in [0.15, 0.2) is 0 Å². The molecule has 0 spiro atoms. The summed E-state index contributed by atoms with van der Waals surface area (Å²) in [6, 6.07) is 0.940. The summed E-state index contributed by atoms with van der Waals surface area (Å²) in [5.41, 5.74) is 1.57. The smallest absolute Gasteiger partial charge is 0.0753 e. The first kappa shape index (κ1) is 12.5. The molecule has 1 heterocycles. The molecule has 17 heavy (non-hydrogen) atoms. The molecule has 0 bridgehead atoms. The molecule has 1 atom stereocenters. The van der Waals surface area contributed by atoms with Crippen LogP contribution in [0.1, 0.15) is 58.2 Å². The van der Waals surface area contributed by atoms with E-state index in [9.17, 15) is 0 Å². The van der Waals surface area contributed by atoms with Gasteiger partial charge in [-0.3, -0.25) is 9.97 Å². The molecule has 0 amide bonds. The van der Waals surface area contributed by atoms with Gasteiger partial charge in [-0.05, 0) is 38.0 Å². The minimum atomic E-state index is 0.301. The van der Waals surface area contributed by atoms with Crippen LogP contribution >= 0.6 is 0 Å². The average molecular weight is 233 g/mol. The monoisotopic (exact) mass is 233 g/mol. The maximum Gasteiger partial charge on any atom is 0.0753 e. The van der Waals surface area contributed by atoms with Crippen molar-refractivity contribution in [2.24, 2.45) is 5.41 Å². The SMILES string of the molecule is CC(NC1CCC(C)(C)CC1)c1cnccn1. The lowest BCUT2D eigenvalue weighted by Gasteiger charge is -2.35. The molecule has 0 aromatic carbocycles. The molecule has 1 fully saturated rings. The molecule has 3 nitrogen and oxygen atoms in total. The Bertz CT molecular complexity index is 338. The Morgan fingerprint density at radius 1 is 1.29 bits per heavy atom. The minimum absolute atomic E-state index is 0.301. The zero-order valence-corrected chi connectivity index (χ0v) is 11.1. The number of hydrogen-bond donors (Lipinski definition) is 1. The highest BCUT2D eigenvalue weighted by atomic mass is 15.0. The first-order valence-electron chi connectivity index (χ1n) is 6.59. The summed E-state index contributed by atoms with van der Waals surface area (Å²) in [5.74, 6) is 0. The summed E-state index contributed by atoms with van der Waals surface area (Å²) >= 11 is 0. The van der Waals surface area contributed by atoms with Gasteiger partial charge >= 0.3 is 0 Å². The summed E-state index contributed by atoms with van der Waals surface area (Å²) in [7, 11) is 0. The van der Waals surface area contributed by atoms with Gasteiger partial charge in [-0.25, -0.2) is 0 Å². The lowest BCUT2D eigenvalue weighted by Crippen LogP contribution is -2.37. The summed E-state index contributed by atoms with van der Waals surface area (Å²) in [6.07, 6.45) is 10.5. The highest BCUT2D eigenvalue weighted by molar-refractivity contribution is 5.01. The second kappa shape index (κ2) is 5.13. The standard InChI is InChI=1S/C14H23N3/c1-11(13-10-15-8-9-16-13)17-12-4-6-14(2,3)7-5-12/h8-12,17H,4-7H2,1-3H3. The summed E-state index contributed by atoms with van der Waals surface area (Å²) in [4.78, 5) is 8.47. The molecule has 1 saturated carbocycles. The highest BCUT2D eigenvalue weighted by Gasteiger charge is 2.27. The van der Waals surface area contributed by atoms with Crippen LogP contribution in [-0.2, 0) is 0 Å². The maximum absolute atomic E-state index is 4.35. The Morgan fingerprint density at radius 3 is 2.59 bits per heavy atom. The van der Waals surface area contributed by atoms with Crippen LogP contribution in [0.4, 0.5) is 0 Å². The van der Waals surface area contributed by atoms with Crippen molar-refractivity contribution in [1.29, 1.82) is 0 Å². The minimum Gasteiger partial charge on any atom is -0.306 e. The quantitative estimate of drug-likeness (QED) is 0.871. The van der Waals surface area contributed by atoms with Crippen molar-refractivity contribution < 1.29 is 0 Å². The van der Waals surface area contributed by atoms with Crippen molar-refractivity contribution >= 4 is 0 Å². The van der Waals surface area contributed by atoms with Crippen molar-refractivity contribution in [1.82, 2.24) is 15.3 Å². The molecule has 1 aliphatic rings. The predicted molar refractivity (Wildman–Crippen MR) is 69.6 cm³/mol. The highest BCUT2D eigenvalue weighted by Crippen LogP contribution is 2.35. The molecule has 0 radical (unpaired) electrons. The number of hydrogen-bond acceptors (Lipinski definition) is 3. The molecule has 1 N–H and O–H groups in total. The Balaban J connectivity index is 1.86. The van der Waals surface area contributed by atoms with Crippen LogP contribution < -0.4 is 5.32 Å². The first-order chi connectivity index (χ1) is 8.07. The van der Waals surface area contributed by atoms with Gasteiger partial charge < -0.3 is 5.32 Å². The van der Waals surface area contributed by atoms with Gasteiger partial charge in [0.1, 0.15) is 0 Å². The summed E-state index contributed by atoms with van der Waals surface area (Å²) < 4.78 is 0. The van der Waals surface area contributed by atoms with Crippen LogP contribution in [0, 0.1) is 5.41 Å². The van der Waals surface area contributed by atoms with Crippen LogP contribution in [0.3, 0.4) is 0 Å². The van der Waals surface area contributed by atoms with Crippen LogP contribution in [0.5, 0.6) is 0 Å². The lowest BCUT2D eigenvalue weighted by molar-refractivity contribution is 0.199. The van der Waals surface area contributed by atoms with Crippen molar-refractivity contribution in [3.63, 3.8) is 0 Å². The van der Waals surface area contributed by atoms with Gasteiger partial charge in [0.2, 0.25) is 0 Å². The van der Waals surface area contributed by atoms with Crippen LogP contribution in [-0.4, -0.2) is 16.0 Å². The zero-order valence-electron chi connectivity index (χ0n) is 11.1. The fourth-order valence-electron chi connectivity index (χ4n) is 2.54. The van der Waals surface area contributed by atoms with Gasteiger partial charge in [-0.2, -0.15) is 0 Å². The second-order valence-corrected chi connectivity index (χ2v) is 5.96. The van der Waals surface area contributed by atoms with Gasteiger partial charge in [-0.1, -0.05) is 13.8 Å². The Labute approximate surface area is 104 Å². The average Bonchev–Trinajstić information content (AvgIpc) is 2.33. The molecular formula is C14H23N3. The number of rotatable bonds is 3. The lowest BCUT2D eigenvalue weighted by atomic mass is 9.75. The number of aromatic nitrogens is 2. The van der Waals surface area contributed by atoms with Crippen molar-refractivity contribution in [2.75, 3.05) is 0 Å². The van der Waals surface area contributed by atoms with Crippen LogP contribution in [0.15, 0.2) is 18.6 Å². The molecule has 0 aliphatic heterocycles. The molecule has 1 aliphatic carbocycles. The number of nitrogens with one attached hydrogen (secondary N) is 1. The van der Waals surface area contributed by atoms with E-state index in [1.807, 2.05) is 6.20 Å². The third kappa shape index (κ3) is 3.50. The zero-order chi connectivity index (χ0) is 12.3. The fraction of sp³-hybridized carbons (Fsp3) is 0.714. The van der Waals surface area contributed by atoms with E-state index in [-0.39, 0.29) is 0 Å². The molecule has 1 unspecified atom stereocenters. The summed E-state index contributed by atoms with van der Waals surface area (Å²) in [6.45, 7) is 6.91. The largest absolute Gasteiger partial charge is 0.306 e. The molecule has 3 heteroatoms. The van der Waals surface area contributed by atoms with E-state index in [4.69, 9.17) is 0 Å². The van der Waals surface area contributed by atoms with Crippen LogP contribution in [0.25, 0.3) is 0 Å². The van der Waals surface area contributed by atoms with Gasteiger partial charge in [0.25, 0.3) is 0 Å². The van der Waals surface area contributed by atoms with Crippen molar-refractivity contribution in [3.05, 3.63) is 24.3 Å². The van der Waals surface area contributed by atoms with E-state index in [0.29, 0.717) is 17.5 Å². The molecule has 94 valence electrons. The fourth-order valence-corrected chi connectivity index (χ4v) is 2.54. The first-order valence-corrected chi connectivity index (χ1v) is 6.59. The number of nitrogens with zero attached hydrogens (tertiary/aromatic N) is 2. The Morgan fingerprint density at radius 2 is 2.00 bits per heavy atom. The van der Waals surface area contributed by atoms with Crippen LogP contribution in [0.2, 0.25) is 0 Å². The third-order valence-electron chi connectivity index (χ3n) is 3.85. The van der Waals surface area contributed by atoms with E-state index in [1.165, 1.54) is 25.7 Å². The maximum atomic E-state index is 4.35. The van der Waals surface area contributed by atoms with E-state index < -0.39 is 0 Å². The molecule has 1 aromatic rings. The molecule has 2 rings (SSSR count). The normalized spacial score (nSPS) is 22.3. The Kier molecular flexibility index (Phi) is 3.77. The predicted octanol–water partition coefficient (Wildman–Crippen LogP) is 3.10. The Hall–Kier alpha value is -0.960. The second-order valence-electron chi connectivity index (χ2n) is 5.96. The van der Waals surface area contributed by atoms with E-state index in [0.717, 1.165) is 5.69 Å². The third-order valence-corrected chi connectivity index (χ3v) is 3.85. The molecular weight excluding hydrogens is 210 g/mol. The summed E-state index contributed by atoms with van der Waals surface area (Å²) in [5, 5.41) is 3.67.